The van der Waals surface area contributed by atoms with Crippen molar-refractivity contribution >= 4 is 17.3 Å². The predicted octanol–water partition coefficient (Wildman–Crippen LogP) is 3.31. The maximum Gasteiger partial charge on any atom is 0.250 e. The largest absolute Gasteiger partial charge is 0.353 e. The van der Waals surface area contributed by atoms with Gasteiger partial charge in [-0.1, -0.05) is 6.92 Å². The van der Waals surface area contributed by atoms with Gasteiger partial charge in [0.05, 0.1) is 11.4 Å². The van der Waals surface area contributed by atoms with E-state index in [1.54, 1.807) is 6.07 Å². The van der Waals surface area contributed by atoms with Gasteiger partial charge in [0, 0.05) is 6.04 Å². The molecule has 3 nitrogen and oxygen atoms in total. The molecule has 1 heterocycles. The summed E-state index contributed by atoms with van der Waals surface area (Å²) in [5.41, 5.74) is 1.15. The van der Waals surface area contributed by atoms with E-state index in [9.17, 15) is 9.18 Å². The number of amides is 1. The van der Waals surface area contributed by atoms with Gasteiger partial charge in [-0.15, -0.1) is 0 Å². The second-order valence-corrected chi connectivity index (χ2v) is 5.63. The monoisotopic (exact) mass is 262 g/mol. The molecule has 1 aromatic carbocycles. The van der Waals surface area contributed by atoms with E-state index in [2.05, 4.69) is 24.1 Å². The van der Waals surface area contributed by atoms with Crippen molar-refractivity contribution in [1.82, 2.24) is 0 Å². The minimum Gasteiger partial charge on any atom is -0.353 e. The number of carbonyl (C=O) groups excluding carboxylic acids is 1. The van der Waals surface area contributed by atoms with Crippen LogP contribution in [0.1, 0.15) is 39.5 Å². The molecule has 0 radical (unpaired) electrons. The van der Waals surface area contributed by atoms with E-state index in [1.165, 1.54) is 12.1 Å². The Kier molecular flexibility index (Phi) is 2.77. The molecule has 2 aliphatic rings. The van der Waals surface area contributed by atoms with Gasteiger partial charge in [0.25, 0.3) is 0 Å². The molecule has 102 valence electrons. The lowest BCUT2D eigenvalue weighted by molar-refractivity contribution is -0.124. The quantitative estimate of drug-likeness (QED) is 0.887. The second-order valence-electron chi connectivity index (χ2n) is 5.63. The average molecular weight is 262 g/mol. The van der Waals surface area contributed by atoms with Crippen LogP contribution in [0.2, 0.25) is 0 Å². The van der Waals surface area contributed by atoms with Crippen LogP contribution in [-0.4, -0.2) is 17.5 Å². The van der Waals surface area contributed by atoms with Crippen LogP contribution in [0.25, 0.3) is 0 Å². The molecular weight excluding hydrogens is 243 g/mol. The maximum absolute atomic E-state index is 13.4. The number of fused-ring (bicyclic) bond motifs is 1. The first kappa shape index (κ1) is 12.5. The van der Waals surface area contributed by atoms with Gasteiger partial charge in [-0.3, -0.25) is 4.79 Å². The summed E-state index contributed by atoms with van der Waals surface area (Å²) in [5, 5.41) is 2.88. The fourth-order valence-electron chi connectivity index (χ4n) is 3.22. The van der Waals surface area contributed by atoms with Gasteiger partial charge in [-0.05, 0) is 50.8 Å². The van der Waals surface area contributed by atoms with Crippen molar-refractivity contribution in [2.24, 2.45) is 0 Å². The Balaban J connectivity index is 2.12. The molecule has 19 heavy (non-hydrogen) atoms. The van der Waals surface area contributed by atoms with Gasteiger partial charge in [0.1, 0.15) is 11.4 Å². The number of anilines is 2. The summed E-state index contributed by atoms with van der Waals surface area (Å²) < 4.78 is 13.4. The number of carbonyl (C=O) groups is 1. The predicted molar refractivity (Wildman–Crippen MR) is 73.8 cm³/mol. The first-order valence-electron chi connectivity index (χ1n) is 6.99. The highest BCUT2D eigenvalue weighted by atomic mass is 19.1. The van der Waals surface area contributed by atoms with Crippen molar-refractivity contribution in [3.63, 3.8) is 0 Å². The second kappa shape index (κ2) is 4.22. The fraction of sp³-hybridized carbons (Fsp3) is 0.533. The zero-order valence-electron chi connectivity index (χ0n) is 11.4. The topological polar surface area (TPSA) is 32.3 Å². The lowest BCUT2D eigenvalue weighted by Gasteiger charge is -2.55. The number of hydrogen-bond acceptors (Lipinski definition) is 2. The highest BCUT2D eigenvalue weighted by Gasteiger charge is 2.53. The fourth-order valence-corrected chi connectivity index (χ4v) is 3.22. The summed E-state index contributed by atoms with van der Waals surface area (Å²) in [7, 11) is 0. The third-order valence-electron chi connectivity index (χ3n) is 4.56. The van der Waals surface area contributed by atoms with Crippen LogP contribution in [0, 0.1) is 5.82 Å². The normalized spacial score (nSPS) is 21.6. The SMILES string of the molecule is CCC(C)N1c2ccc(F)cc2NC(=O)C12CCC2. The maximum atomic E-state index is 13.4. The summed E-state index contributed by atoms with van der Waals surface area (Å²) >= 11 is 0. The third-order valence-corrected chi connectivity index (χ3v) is 4.56. The highest BCUT2D eigenvalue weighted by Crippen LogP contribution is 2.48. The molecule has 1 fully saturated rings. The van der Waals surface area contributed by atoms with Crippen molar-refractivity contribution in [2.75, 3.05) is 10.2 Å². The van der Waals surface area contributed by atoms with E-state index >= 15 is 0 Å². The van der Waals surface area contributed by atoms with Gasteiger partial charge in [0.2, 0.25) is 5.91 Å². The Morgan fingerprint density at radius 1 is 1.47 bits per heavy atom. The molecule has 1 spiro atoms. The Morgan fingerprint density at radius 3 is 2.79 bits per heavy atom. The van der Waals surface area contributed by atoms with Crippen molar-refractivity contribution in [3.8, 4) is 0 Å². The van der Waals surface area contributed by atoms with Crippen molar-refractivity contribution < 1.29 is 9.18 Å². The first-order valence-corrected chi connectivity index (χ1v) is 6.99. The number of benzene rings is 1. The molecule has 1 N–H and O–H groups in total. The van der Waals surface area contributed by atoms with Crippen LogP contribution in [0.3, 0.4) is 0 Å². The van der Waals surface area contributed by atoms with Crippen LogP contribution >= 0.6 is 0 Å². The third kappa shape index (κ3) is 1.66. The number of rotatable bonds is 2. The highest BCUT2D eigenvalue weighted by molar-refractivity contribution is 6.07. The summed E-state index contributed by atoms with van der Waals surface area (Å²) in [4.78, 5) is 14.6. The Bertz CT molecular complexity index is 525. The van der Waals surface area contributed by atoms with Crippen LogP contribution in [0.15, 0.2) is 18.2 Å². The van der Waals surface area contributed by atoms with E-state index in [-0.39, 0.29) is 17.8 Å². The molecule has 1 aromatic rings. The van der Waals surface area contributed by atoms with Gasteiger partial charge in [-0.2, -0.15) is 0 Å². The minimum atomic E-state index is -0.403. The summed E-state index contributed by atoms with van der Waals surface area (Å²) in [6.07, 6.45) is 3.82. The molecule has 1 amide bonds. The zero-order valence-corrected chi connectivity index (χ0v) is 11.4. The number of nitrogens with zero attached hydrogens (tertiary/aromatic N) is 1. The van der Waals surface area contributed by atoms with Gasteiger partial charge >= 0.3 is 0 Å². The summed E-state index contributed by atoms with van der Waals surface area (Å²) in [6, 6.07) is 4.94. The summed E-state index contributed by atoms with van der Waals surface area (Å²) in [5.74, 6) is -0.287. The van der Waals surface area contributed by atoms with Crippen LogP contribution in [0.4, 0.5) is 15.8 Å². The van der Waals surface area contributed by atoms with Crippen molar-refractivity contribution in [3.05, 3.63) is 24.0 Å². The Hall–Kier alpha value is -1.58. The van der Waals surface area contributed by atoms with E-state index in [1.807, 2.05) is 0 Å². The van der Waals surface area contributed by atoms with E-state index in [0.29, 0.717) is 5.69 Å². The molecule has 1 unspecified atom stereocenters. The molecule has 3 rings (SSSR count). The van der Waals surface area contributed by atoms with Gasteiger partial charge in [-0.25, -0.2) is 4.39 Å². The van der Waals surface area contributed by atoms with Crippen LogP contribution in [0.5, 0.6) is 0 Å². The molecule has 1 saturated carbocycles. The standard InChI is InChI=1S/C15H19FN2O/c1-3-10(2)18-13-6-5-11(16)9-12(13)17-14(19)15(18)7-4-8-15/h5-6,9-10H,3-4,7-8H2,1-2H3,(H,17,19). The average Bonchev–Trinajstić information content (AvgIpc) is 2.33. The van der Waals surface area contributed by atoms with Crippen molar-refractivity contribution in [2.45, 2.75) is 51.1 Å². The molecule has 0 saturated heterocycles. The molecular formula is C15H19FN2O. The van der Waals surface area contributed by atoms with E-state index in [4.69, 9.17) is 0 Å². The molecule has 4 heteroatoms. The van der Waals surface area contributed by atoms with E-state index in [0.717, 1.165) is 31.4 Å². The molecule has 1 aliphatic carbocycles. The first-order chi connectivity index (χ1) is 9.08. The van der Waals surface area contributed by atoms with Crippen LogP contribution < -0.4 is 10.2 Å². The van der Waals surface area contributed by atoms with Crippen LogP contribution in [-0.2, 0) is 4.79 Å². The molecule has 1 aliphatic heterocycles. The lowest BCUT2D eigenvalue weighted by Crippen LogP contribution is -2.66. The van der Waals surface area contributed by atoms with Gasteiger partial charge < -0.3 is 10.2 Å². The molecule has 1 atom stereocenters. The number of nitrogens with one attached hydrogen (secondary N) is 1. The van der Waals surface area contributed by atoms with Crippen molar-refractivity contribution in [1.29, 1.82) is 0 Å². The molecule has 0 bridgehead atoms. The number of halogens is 1. The minimum absolute atomic E-state index is 0.0251. The van der Waals surface area contributed by atoms with Gasteiger partial charge in [0.15, 0.2) is 0 Å². The van der Waals surface area contributed by atoms with E-state index < -0.39 is 5.54 Å². The lowest BCUT2D eigenvalue weighted by atomic mass is 9.72. The Labute approximate surface area is 112 Å². The zero-order chi connectivity index (χ0) is 13.6. The smallest absolute Gasteiger partial charge is 0.250 e. The molecule has 0 aromatic heterocycles. The Morgan fingerprint density at radius 2 is 2.21 bits per heavy atom. The summed E-state index contributed by atoms with van der Waals surface area (Å²) in [6.45, 7) is 4.25. The number of hydrogen-bond donors (Lipinski definition) is 1.